The monoisotopic (exact) mass is 392 g/mol. The maximum atomic E-state index is 12.1. The van der Waals surface area contributed by atoms with Crippen LogP contribution in [0.1, 0.15) is 15.2 Å². The maximum absolute atomic E-state index is 12.1. The quantitative estimate of drug-likeness (QED) is 0.441. The van der Waals surface area contributed by atoms with E-state index in [0.29, 0.717) is 4.88 Å². The lowest BCUT2D eigenvalue weighted by Crippen LogP contribution is -2.33. The molecule has 1 amide bonds. The van der Waals surface area contributed by atoms with Crippen LogP contribution >= 0.6 is 23.6 Å². The van der Waals surface area contributed by atoms with Crippen LogP contribution in [0.4, 0.5) is 5.69 Å². The number of carbonyl (C=O) groups is 1. The highest BCUT2D eigenvalue weighted by atomic mass is 32.1. The van der Waals surface area contributed by atoms with E-state index >= 15 is 0 Å². The predicted octanol–water partition coefficient (Wildman–Crippen LogP) is 4.73. The minimum atomic E-state index is -0.214. The van der Waals surface area contributed by atoms with Gasteiger partial charge in [0, 0.05) is 11.3 Å². The fourth-order valence-corrected chi connectivity index (χ4v) is 3.54. The number of aromatic nitrogens is 2. The van der Waals surface area contributed by atoms with Crippen LogP contribution in [0.3, 0.4) is 0 Å². The number of H-pyrrole nitrogens is 1. The molecule has 5 nitrogen and oxygen atoms in total. The highest BCUT2D eigenvalue weighted by Gasteiger charge is 2.11. The molecular formula is C20H16N4OS2. The Kier molecular flexibility index (Phi) is 4.70. The summed E-state index contributed by atoms with van der Waals surface area (Å²) in [6, 6.07) is 17.5. The van der Waals surface area contributed by atoms with Gasteiger partial charge in [-0.1, -0.05) is 30.3 Å². The van der Waals surface area contributed by atoms with Crippen molar-refractivity contribution in [2.24, 2.45) is 0 Å². The fraction of sp³-hybridized carbons (Fsp3) is 0.0500. The first-order valence-electron chi connectivity index (χ1n) is 8.32. The topological polar surface area (TPSA) is 69.8 Å². The molecule has 0 fully saturated rings. The van der Waals surface area contributed by atoms with E-state index in [1.54, 1.807) is 6.07 Å². The number of thiophene rings is 1. The van der Waals surface area contributed by atoms with Gasteiger partial charge in [-0.3, -0.25) is 10.1 Å². The van der Waals surface area contributed by atoms with Crippen molar-refractivity contribution in [2.45, 2.75) is 6.92 Å². The molecule has 3 N–H and O–H groups in total. The first kappa shape index (κ1) is 17.4. The summed E-state index contributed by atoms with van der Waals surface area (Å²) in [5.41, 5.74) is 4.68. The van der Waals surface area contributed by atoms with Crippen LogP contribution in [0.15, 0.2) is 60.0 Å². The van der Waals surface area contributed by atoms with Gasteiger partial charge in [0.2, 0.25) is 0 Å². The molecule has 2 heterocycles. The number of amides is 1. The first-order valence-corrected chi connectivity index (χ1v) is 9.60. The minimum Gasteiger partial charge on any atom is -0.338 e. The largest absolute Gasteiger partial charge is 0.338 e. The molecule has 0 saturated carbocycles. The summed E-state index contributed by atoms with van der Waals surface area (Å²) in [7, 11) is 0. The minimum absolute atomic E-state index is 0.214. The lowest BCUT2D eigenvalue weighted by Gasteiger charge is -2.12. The van der Waals surface area contributed by atoms with Gasteiger partial charge < -0.3 is 10.3 Å². The number of hydrogen-bond donors (Lipinski definition) is 3. The smallest absolute Gasteiger partial charge is 0.267 e. The fourth-order valence-electron chi connectivity index (χ4n) is 2.72. The summed E-state index contributed by atoms with van der Waals surface area (Å²) in [6.07, 6.45) is 0. The number of para-hydroxylation sites is 2. The van der Waals surface area contributed by atoms with Crippen molar-refractivity contribution < 1.29 is 4.79 Å². The lowest BCUT2D eigenvalue weighted by atomic mass is 10.1. The molecular weight excluding hydrogens is 376 g/mol. The second kappa shape index (κ2) is 7.30. The Balaban J connectivity index is 1.55. The molecule has 134 valence electrons. The number of nitrogens with zero attached hydrogens (tertiary/aromatic N) is 1. The van der Waals surface area contributed by atoms with E-state index in [1.165, 1.54) is 11.3 Å². The van der Waals surface area contributed by atoms with Crippen molar-refractivity contribution in [3.63, 3.8) is 0 Å². The molecule has 27 heavy (non-hydrogen) atoms. The number of anilines is 1. The van der Waals surface area contributed by atoms with Gasteiger partial charge in [0.15, 0.2) is 5.11 Å². The van der Waals surface area contributed by atoms with Crippen molar-refractivity contribution in [2.75, 3.05) is 5.32 Å². The van der Waals surface area contributed by atoms with E-state index in [-0.39, 0.29) is 11.0 Å². The molecule has 2 aromatic carbocycles. The zero-order valence-electron chi connectivity index (χ0n) is 14.4. The van der Waals surface area contributed by atoms with Crippen LogP contribution in [-0.2, 0) is 0 Å². The molecule has 4 aromatic rings. The van der Waals surface area contributed by atoms with Crippen molar-refractivity contribution in [1.29, 1.82) is 0 Å². The molecule has 2 aromatic heterocycles. The third-order valence-electron chi connectivity index (χ3n) is 4.12. The van der Waals surface area contributed by atoms with Gasteiger partial charge in [0.1, 0.15) is 5.82 Å². The van der Waals surface area contributed by atoms with E-state index in [9.17, 15) is 4.79 Å². The third-order valence-corrected chi connectivity index (χ3v) is 5.19. The molecule has 0 spiro atoms. The van der Waals surface area contributed by atoms with Crippen molar-refractivity contribution in [3.05, 3.63) is 70.4 Å². The molecule has 0 unspecified atom stereocenters. The van der Waals surface area contributed by atoms with Gasteiger partial charge >= 0.3 is 0 Å². The Morgan fingerprint density at radius 2 is 2.00 bits per heavy atom. The average Bonchev–Trinajstić information content (AvgIpc) is 3.33. The van der Waals surface area contributed by atoms with Gasteiger partial charge in [-0.15, -0.1) is 11.3 Å². The molecule has 0 aliphatic rings. The van der Waals surface area contributed by atoms with Crippen LogP contribution in [0.25, 0.3) is 22.4 Å². The molecule has 0 aliphatic carbocycles. The van der Waals surface area contributed by atoms with Gasteiger partial charge in [0.05, 0.1) is 15.9 Å². The zero-order valence-corrected chi connectivity index (χ0v) is 16.1. The number of imidazole rings is 1. The predicted molar refractivity (Wildman–Crippen MR) is 114 cm³/mol. The van der Waals surface area contributed by atoms with Crippen LogP contribution in [0.2, 0.25) is 0 Å². The number of thiocarbonyl (C=S) groups is 1. The third kappa shape index (κ3) is 3.74. The standard InChI is InChI=1S/C20H16N4OS2/c1-12-8-9-13(18-21-14-5-2-3-6-15(14)22-18)11-16(12)23-20(26)24-19(25)17-7-4-10-27-17/h2-11H,1H3,(H,21,22)(H2,23,24,25,26). The van der Waals surface area contributed by atoms with Gasteiger partial charge in [-0.05, 0) is 54.4 Å². The number of carbonyl (C=O) groups excluding carboxylic acids is 1. The number of hydrogen-bond acceptors (Lipinski definition) is 4. The molecule has 0 saturated heterocycles. The van der Waals surface area contributed by atoms with Crippen LogP contribution in [-0.4, -0.2) is 21.0 Å². The summed E-state index contributed by atoms with van der Waals surface area (Å²) >= 11 is 6.67. The van der Waals surface area contributed by atoms with Gasteiger partial charge in [-0.2, -0.15) is 0 Å². The number of rotatable bonds is 3. The van der Waals surface area contributed by atoms with Crippen molar-refractivity contribution in [3.8, 4) is 11.4 Å². The summed E-state index contributed by atoms with van der Waals surface area (Å²) < 4.78 is 0. The highest BCUT2D eigenvalue weighted by molar-refractivity contribution is 7.80. The van der Waals surface area contributed by atoms with Crippen LogP contribution in [0, 0.1) is 6.92 Å². The first-order chi connectivity index (χ1) is 13.1. The van der Waals surface area contributed by atoms with Crippen LogP contribution < -0.4 is 10.6 Å². The number of aryl methyl sites for hydroxylation is 1. The second-order valence-corrected chi connectivity index (χ2v) is 7.37. The summed E-state index contributed by atoms with van der Waals surface area (Å²) in [6.45, 7) is 1.98. The Morgan fingerprint density at radius 3 is 2.78 bits per heavy atom. The van der Waals surface area contributed by atoms with Crippen molar-refractivity contribution in [1.82, 2.24) is 15.3 Å². The molecule has 0 aliphatic heterocycles. The van der Waals surface area contributed by atoms with E-state index in [4.69, 9.17) is 12.2 Å². The van der Waals surface area contributed by atoms with E-state index in [0.717, 1.165) is 33.7 Å². The van der Waals surface area contributed by atoms with Gasteiger partial charge in [0.25, 0.3) is 5.91 Å². The zero-order chi connectivity index (χ0) is 18.8. The van der Waals surface area contributed by atoms with Gasteiger partial charge in [-0.25, -0.2) is 4.98 Å². The summed E-state index contributed by atoms with van der Waals surface area (Å²) in [4.78, 5) is 20.7. The average molecular weight is 393 g/mol. The molecule has 4 rings (SSSR count). The lowest BCUT2D eigenvalue weighted by molar-refractivity contribution is 0.0981. The Morgan fingerprint density at radius 1 is 1.15 bits per heavy atom. The molecule has 0 radical (unpaired) electrons. The number of fused-ring (bicyclic) bond motifs is 1. The highest BCUT2D eigenvalue weighted by Crippen LogP contribution is 2.25. The summed E-state index contributed by atoms with van der Waals surface area (Å²) in [5.74, 6) is 0.571. The second-order valence-electron chi connectivity index (χ2n) is 6.02. The number of aromatic amines is 1. The normalized spacial score (nSPS) is 10.7. The maximum Gasteiger partial charge on any atom is 0.267 e. The summed E-state index contributed by atoms with van der Waals surface area (Å²) in [5, 5.41) is 7.93. The Labute approximate surface area is 165 Å². The Bertz CT molecular complexity index is 1100. The molecule has 7 heteroatoms. The molecule has 0 atom stereocenters. The SMILES string of the molecule is Cc1ccc(-c2nc3ccccc3[nH]2)cc1NC(=S)NC(=O)c1cccs1. The number of benzene rings is 2. The Hall–Kier alpha value is -3.03. The van der Waals surface area contributed by atoms with E-state index < -0.39 is 0 Å². The number of nitrogens with one attached hydrogen (secondary N) is 3. The van der Waals surface area contributed by atoms with E-state index in [1.807, 2.05) is 60.8 Å². The van der Waals surface area contributed by atoms with Crippen LogP contribution in [0.5, 0.6) is 0 Å². The molecule has 0 bridgehead atoms. The van der Waals surface area contributed by atoms with Crippen molar-refractivity contribution >= 4 is 51.3 Å². The van der Waals surface area contributed by atoms with E-state index in [2.05, 4.69) is 20.6 Å².